The van der Waals surface area contributed by atoms with Crippen molar-refractivity contribution in [3.63, 3.8) is 0 Å². The van der Waals surface area contributed by atoms with Gasteiger partial charge in [-0.15, -0.1) is 0 Å². The van der Waals surface area contributed by atoms with E-state index in [-0.39, 0.29) is 19.6 Å². The largest absolute Gasteiger partial charge is 0.489 e. The van der Waals surface area contributed by atoms with Crippen LogP contribution in [0.4, 0.5) is 8.78 Å². The molecule has 0 saturated carbocycles. The van der Waals surface area contributed by atoms with E-state index < -0.39 is 28.7 Å². The Labute approximate surface area is 167 Å². The molecule has 0 radical (unpaired) electrons. The fourth-order valence-corrected chi connectivity index (χ4v) is 3.49. The number of aliphatic hydroxyl groups is 1. The summed E-state index contributed by atoms with van der Waals surface area (Å²) in [6.45, 7) is 2.41. The van der Waals surface area contributed by atoms with Crippen LogP contribution in [-0.4, -0.2) is 41.2 Å². The molecule has 1 aliphatic heterocycles. The monoisotopic (exact) mass is 409 g/mol. The molecule has 0 aromatic heterocycles. The van der Waals surface area contributed by atoms with Gasteiger partial charge < -0.3 is 14.7 Å². The highest BCUT2D eigenvalue weighted by Gasteiger charge is 2.34. The fraction of sp³-hybridized carbons (Fsp3) is 0.381. The van der Waals surface area contributed by atoms with Gasteiger partial charge in [-0.2, -0.15) is 0 Å². The number of hydrogen-bond acceptors (Lipinski definition) is 3. The van der Waals surface area contributed by atoms with Crippen molar-refractivity contribution in [2.24, 2.45) is 0 Å². The van der Waals surface area contributed by atoms with Gasteiger partial charge in [0.1, 0.15) is 35.2 Å². The maximum Gasteiger partial charge on any atom is 0.259 e. The van der Waals surface area contributed by atoms with Gasteiger partial charge in [0.15, 0.2) is 0 Å². The molecule has 1 aliphatic rings. The zero-order chi connectivity index (χ0) is 20.3. The molecule has 1 N–H and O–H groups in total. The van der Waals surface area contributed by atoms with Crippen molar-refractivity contribution in [2.75, 3.05) is 19.7 Å². The molecule has 150 valence electrons. The second-order valence-electron chi connectivity index (χ2n) is 7.19. The van der Waals surface area contributed by atoms with Crippen molar-refractivity contribution in [3.05, 3.63) is 64.2 Å². The molecular formula is C21H22ClF2NO3. The standard InChI is InChI=1S/C21H22ClF2NO3/c1-14-6-7-15(22)18(12-14)28-13-21(27)8-3-10-25(11-9-21)20(26)19-16(23)4-2-5-17(19)24/h2,4-7,12,27H,3,8-11,13H2,1H3. The van der Waals surface area contributed by atoms with Crippen molar-refractivity contribution in [1.29, 1.82) is 0 Å². The maximum atomic E-state index is 13.9. The van der Waals surface area contributed by atoms with Gasteiger partial charge in [0.05, 0.1) is 5.02 Å². The number of ether oxygens (including phenoxy) is 1. The highest BCUT2D eigenvalue weighted by molar-refractivity contribution is 6.32. The smallest absolute Gasteiger partial charge is 0.259 e. The molecule has 1 fully saturated rings. The molecule has 1 amide bonds. The normalized spacial score (nSPS) is 20.0. The van der Waals surface area contributed by atoms with E-state index in [1.807, 2.05) is 13.0 Å². The van der Waals surface area contributed by atoms with Gasteiger partial charge in [0, 0.05) is 13.1 Å². The van der Waals surface area contributed by atoms with Crippen molar-refractivity contribution < 1.29 is 23.4 Å². The molecule has 0 spiro atoms. The highest BCUT2D eigenvalue weighted by atomic mass is 35.5. The number of amides is 1. The molecule has 2 aromatic carbocycles. The third-order valence-corrected chi connectivity index (χ3v) is 5.28. The third kappa shape index (κ3) is 4.62. The predicted octanol–water partition coefficient (Wildman–Crippen LogP) is 4.36. The molecule has 4 nitrogen and oxygen atoms in total. The Bertz CT molecular complexity index is 856. The molecule has 0 aliphatic carbocycles. The number of nitrogens with zero attached hydrogens (tertiary/aromatic N) is 1. The lowest BCUT2D eigenvalue weighted by Crippen LogP contribution is -2.38. The van der Waals surface area contributed by atoms with E-state index in [1.54, 1.807) is 12.1 Å². The van der Waals surface area contributed by atoms with Crippen LogP contribution in [0.15, 0.2) is 36.4 Å². The Morgan fingerprint density at radius 1 is 1.21 bits per heavy atom. The lowest BCUT2D eigenvalue weighted by Gasteiger charge is -2.27. The highest BCUT2D eigenvalue weighted by Crippen LogP contribution is 2.29. The van der Waals surface area contributed by atoms with Crippen molar-refractivity contribution in [2.45, 2.75) is 31.8 Å². The van der Waals surface area contributed by atoms with Crippen LogP contribution < -0.4 is 4.74 Å². The molecule has 28 heavy (non-hydrogen) atoms. The van der Waals surface area contributed by atoms with Crippen molar-refractivity contribution in [1.82, 2.24) is 4.90 Å². The Morgan fingerprint density at radius 3 is 2.64 bits per heavy atom. The number of carbonyl (C=O) groups excluding carboxylic acids is 1. The van der Waals surface area contributed by atoms with Gasteiger partial charge in [0.25, 0.3) is 5.91 Å². The predicted molar refractivity (Wildman–Crippen MR) is 103 cm³/mol. The van der Waals surface area contributed by atoms with Crippen molar-refractivity contribution >= 4 is 17.5 Å². The average molecular weight is 410 g/mol. The summed E-state index contributed by atoms with van der Waals surface area (Å²) in [5.74, 6) is -1.99. The van der Waals surface area contributed by atoms with E-state index in [2.05, 4.69) is 0 Å². The van der Waals surface area contributed by atoms with Crippen LogP contribution in [0.3, 0.4) is 0 Å². The lowest BCUT2D eigenvalue weighted by atomic mass is 9.96. The number of benzene rings is 2. The summed E-state index contributed by atoms with van der Waals surface area (Å²) in [5.41, 5.74) is -0.734. The zero-order valence-corrected chi connectivity index (χ0v) is 16.3. The first-order valence-electron chi connectivity index (χ1n) is 9.14. The summed E-state index contributed by atoms with van der Waals surface area (Å²) in [6.07, 6.45) is 1.13. The Morgan fingerprint density at radius 2 is 1.93 bits per heavy atom. The summed E-state index contributed by atoms with van der Waals surface area (Å²) in [4.78, 5) is 14.0. The molecule has 1 atom stereocenters. The minimum absolute atomic E-state index is 0.0201. The van der Waals surface area contributed by atoms with E-state index in [9.17, 15) is 18.7 Å². The molecule has 2 aromatic rings. The quantitative estimate of drug-likeness (QED) is 0.816. The first-order valence-corrected chi connectivity index (χ1v) is 9.51. The number of rotatable bonds is 4. The second kappa shape index (κ2) is 8.45. The van der Waals surface area contributed by atoms with E-state index >= 15 is 0 Å². The summed E-state index contributed by atoms with van der Waals surface area (Å²) < 4.78 is 33.6. The summed E-state index contributed by atoms with van der Waals surface area (Å²) in [5, 5.41) is 11.4. The van der Waals surface area contributed by atoms with Crippen LogP contribution >= 0.6 is 11.6 Å². The summed E-state index contributed by atoms with van der Waals surface area (Å²) >= 11 is 6.12. The number of aryl methyl sites for hydroxylation is 1. The molecule has 1 heterocycles. The third-order valence-electron chi connectivity index (χ3n) is 4.96. The number of halogens is 3. The van der Waals surface area contributed by atoms with Gasteiger partial charge >= 0.3 is 0 Å². The number of carbonyl (C=O) groups is 1. The second-order valence-corrected chi connectivity index (χ2v) is 7.60. The van der Waals surface area contributed by atoms with Gasteiger partial charge in [-0.25, -0.2) is 8.78 Å². The minimum Gasteiger partial charge on any atom is -0.489 e. The van der Waals surface area contributed by atoms with Crippen LogP contribution in [0.25, 0.3) is 0 Å². The van der Waals surface area contributed by atoms with E-state index in [4.69, 9.17) is 16.3 Å². The van der Waals surface area contributed by atoms with Crippen LogP contribution in [0.1, 0.15) is 35.2 Å². The lowest BCUT2D eigenvalue weighted by molar-refractivity contribution is -0.0163. The van der Waals surface area contributed by atoms with Gasteiger partial charge in [-0.05, 0) is 56.0 Å². The minimum atomic E-state index is -1.16. The molecule has 7 heteroatoms. The Kier molecular flexibility index (Phi) is 6.20. The maximum absolute atomic E-state index is 13.9. The van der Waals surface area contributed by atoms with Crippen LogP contribution in [0.5, 0.6) is 5.75 Å². The van der Waals surface area contributed by atoms with Crippen LogP contribution in [-0.2, 0) is 0 Å². The molecule has 3 rings (SSSR count). The molecule has 1 saturated heterocycles. The average Bonchev–Trinajstić information content (AvgIpc) is 2.84. The van der Waals surface area contributed by atoms with E-state index in [1.165, 1.54) is 11.0 Å². The zero-order valence-electron chi connectivity index (χ0n) is 15.6. The first-order chi connectivity index (χ1) is 13.3. The van der Waals surface area contributed by atoms with Crippen molar-refractivity contribution in [3.8, 4) is 5.75 Å². The van der Waals surface area contributed by atoms with Crippen LogP contribution in [0, 0.1) is 18.6 Å². The first kappa shape index (κ1) is 20.6. The summed E-state index contributed by atoms with van der Waals surface area (Å²) in [7, 11) is 0. The molecule has 0 bridgehead atoms. The van der Waals surface area contributed by atoms with Gasteiger partial charge in [0.2, 0.25) is 0 Å². The number of hydrogen-bond donors (Lipinski definition) is 1. The van der Waals surface area contributed by atoms with Gasteiger partial charge in [-0.1, -0.05) is 23.7 Å². The summed E-state index contributed by atoms with van der Waals surface area (Å²) in [6, 6.07) is 8.72. The van der Waals surface area contributed by atoms with E-state index in [0.29, 0.717) is 30.2 Å². The topological polar surface area (TPSA) is 49.8 Å². The Balaban J connectivity index is 1.67. The van der Waals surface area contributed by atoms with Gasteiger partial charge in [-0.3, -0.25) is 4.79 Å². The van der Waals surface area contributed by atoms with E-state index in [0.717, 1.165) is 17.7 Å². The molecular weight excluding hydrogens is 388 g/mol. The number of likely N-dealkylation sites (tertiary alicyclic amines) is 1. The SMILES string of the molecule is Cc1ccc(Cl)c(OCC2(O)CCCN(C(=O)c3c(F)cccc3F)CC2)c1. The Hall–Kier alpha value is -2.18. The fourth-order valence-electron chi connectivity index (χ4n) is 3.32. The van der Waals surface area contributed by atoms with Crippen LogP contribution in [0.2, 0.25) is 5.02 Å². The molecule has 1 unspecified atom stereocenters.